The van der Waals surface area contributed by atoms with Crippen LogP contribution in [0.4, 0.5) is 0 Å². The molecule has 0 aliphatic heterocycles. The minimum absolute atomic E-state index is 0.0338. The summed E-state index contributed by atoms with van der Waals surface area (Å²) in [5.41, 5.74) is 4.26. The fraction of sp³-hybridized carbons (Fsp3) is 0.292. The molecule has 0 aliphatic rings. The normalized spacial score (nSPS) is 11.6. The van der Waals surface area contributed by atoms with Crippen LogP contribution in [0, 0.1) is 6.92 Å². The monoisotopic (exact) mass is 420 g/mol. The fourth-order valence-corrected chi connectivity index (χ4v) is 3.22. The van der Waals surface area contributed by atoms with Gasteiger partial charge in [-0.25, -0.2) is 0 Å². The first-order valence-corrected chi connectivity index (χ1v) is 10.1. The van der Waals surface area contributed by atoms with E-state index >= 15 is 0 Å². The van der Waals surface area contributed by atoms with Crippen molar-refractivity contribution in [3.8, 4) is 16.9 Å². The van der Waals surface area contributed by atoms with E-state index in [-0.39, 0.29) is 24.4 Å². The third-order valence-electron chi connectivity index (χ3n) is 5.16. The second kappa shape index (κ2) is 9.47. The molecule has 1 N–H and O–H groups in total. The van der Waals surface area contributed by atoms with E-state index < -0.39 is 0 Å². The van der Waals surface area contributed by atoms with Crippen molar-refractivity contribution < 1.29 is 14.3 Å². The lowest BCUT2D eigenvalue weighted by molar-refractivity contribution is -0.129. The number of nitrogens with one attached hydrogen (secondary N) is 1. The van der Waals surface area contributed by atoms with Crippen molar-refractivity contribution in [2.45, 2.75) is 26.4 Å². The number of methoxy groups -OCH3 is 1. The van der Waals surface area contributed by atoms with Crippen molar-refractivity contribution in [2.24, 2.45) is 0 Å². The number of carbonyl (C=O) groups is 2. The van der Waals surface area contributed by atoms with Crippen molar-refractivity contribution >= 4 is 11.8 Å². The van der Waals surface area contributed by atoms with Crippen molar-refractivity contribution in [2.75, 3.05) is 21.2 Å². The Balaban J connectivity index is 1.84. The molecule has 0 aliphatic carbocycles. The molecule has 0 bridgehead atoms. The minimum atomic E-state index is -0.230. The van der Waals surface area contributed by atoms with Gasteiger partial charge >= 0.3 is 0 Å². The Morgan fingerprint density at radius 2 is 1.90 bits per heavy atom. The molecule has 0 unspecified atom stereocenters. The van der Waals surface area contributed by atoms with Crippen LogP contribution in [0.25, 0.3) is 11.1 Å². The fourth-order valence-electron chi connectivity index (χ4n) is 3.22. The van der Waals surface area contributed by atoms with Crippen LogP contribution in [0.15, 0.2) is 54.9 Å². The molecule has 0 saturated carbocycles. The SMILES string of the molecule is COc1cc(-c2cnn(CC(=O)N(C)C)c2)cc([C@@H](C)NC(=O)c2ccccc2C)c1. The van der Waals surface area contributed by atoms with Crippen LogP contribution in [0.5, 0.6) is 5.75 Å². The van der Waals surface area contributed by atoms with Crippen LogP contribution in [0.2, 0.25) is 0 Å². The van der Waals surface area contributed by atoms with Gasteiger partial charge in [-0.2, -0.15) is 5.10 Å². The molecule has 1 atom stereocenters. The van der Waals surface area contributed by atoms with Crippen molar-refractivity contribution in [1.29, 1.82) is 0 Å². The smallest absolute Gasteiger partial charge is 0.252 e. The number of ether oxygens (including phenoxy) is 1. The van der Waals surface area contributed by atoms with Crippen LogP contribution in [0.1, 0.15) is 34.5 Å². The molecule has 1 aromatic heterocycles. The second-order valence-corrected chi connectivity index (χ2v) is 7.72. The van der Waals surface area contributed by atoms with Gasteiger partial charge in [-0.1, -0.05) is 18.2 Å². The van der Waals surface area contributed by atoms with E-state index in [0.717, 1.165) is 22.3 Å². The zero-order valence-corrected chi connectivity index (χ0v) is 18.5. The number of likely N-dealkylation sites (N-methyl/N-ethyl adjacent to an activating group) is 1. The Morgan fingerprint density at radius 3 is 2.58 bits per heavy atom. The highest BCUT2D eigenvalue weighted by Crippen LogP contribution is 2.29. The van der Waals surface area contributed by atoms with E-state index in [2.05, 4.69) is 10.4 Å². The standard InChI is InChI=1S/C24H28N4O3/c1-16-8-6-7-9-22(16)24(30)26-17(2)18-10-19(12-21(11-18)31-5)20-13-25-28(14-20)15-23(29)27(3)4/h6-14,17H,15H2,1-5H3,(H,26,30)/t17-/m1/s1. The summed E-state index contributed by atoms with van der Waals surface area (Å²) in [7, 11) is 5.04. The number of nitrogens with zero attached hydrogens (tertiary/aromatic N) is 3. The maximum atomic E-state index is 12.7. The van der Waals surface area contributed by atoms with Gasteiger partial charge in [0.15, 0.2) is 0 Å². The Kier molecular flexibility index (Phi) is 6.74. The number of rotatable bonds is 7. The molecular weight excluding hydrogens is 392 g/mol. The Labute approximate surface area is 182 Å². The highest BCUT2D eigenvalue weighted by molar-refractivity contribution is 5.95. The van der Waals surface area contributed by atoms with Gasteiger partial charge in [0.05, 0.1) is 19.3 Å². The van der Waals surface area contributed by atoms with Crippen LogP contribution < -0.4 is 10.1 Å². The summed E-state index contributed by atoms with van der Waals surface area (Å²) in [6.45, 7) is 4.03. The summed E-state index contributed by atoms with van der Waals surface area (Å²) in [5.74, 6) is 0.528. The quantitative estimate of drug-likeness (QED) is 0.635. The Bertz CT molecular complexity index is 1090. The molecule has 0 radical (unpaired) electrons. The number of aryl methyl sites for hydroxylation is 1. The maximum absolute atomic E-state index is 12.7. The molecule has 3 aromatic rings. The molecule has 3 rings (SSSR count). The van der Waals surface area contributed by atoms with Gasteiger partial charge in [0.25, 0.3) is 5.91 Å². The van der Waals surface area contributed by atoms with Crippen LogP contribution in [0.3, 0.4) is 0 Å². The van der Waals surface area contributed by atoms with Gasteiger partial charge in [-0.05, 0) is 54.8 Å². The summed E-state index contributed by atoms with van der Waals surface area (Å²) in [6, 6.07) is 13.1. The van der Waals surface area contributed by atoms with E-state index in [0.29, 0.717) is 11.3 Å². The van der Waals surface area contributed by atoms with Gasteiger partial charge in [-0.3, -0.25) is 14.3 Å². The van der Waals surface area contributed by atoms with E-state index in [1.54, 1.807) is 32.1 Å². The van der Waals surface area contributed by atoms with Gasteiger partial charge in [0.2, 0.25) is 5.91 Å². The number of benzene rings is 2. The lowest BCUT2D eigenvalue weighted by Crippen LogP contribution is -2.27. The average molecular weight is 421 g/mol. The summed E-state index contributed by atoms with van der Waals surface area (Å²) >= 11 is 0. The molecule has 0 saturated heterocycles. The maximum Gasteiger partial charge on any atom is 0.252 e. The molecular formula is C24H28N4O3. The minimum Gasteiger partial charge on any atom is -0.497 e. The first-order valence-electron chi connectivity index (χ1n) is 10.1. The van der Waals surface area contributed by atoms with Crippen LogP contribution in [-0.2, 0) is 11.3 Å². The average Bonchev–Trinajstić information content (AvgIpc) is 3.22. The van der Waals surface area contributed by atoms with Crippen molar-refractivity contribution in [1.82, 2.24) is 20.0 Å². The van der Waals surface area contributed by atoms with Gasteiger partial charge in [0.1, 0.15) is 12.3 Å². The third kappa shape index (κ3) is 5.31. The molecule has 2 amide bonds. The predicted octanol–water partition coefficient (Wildman–Crippen LogP) is 3.45. The first kappa shape index (κ1) is 22.1. The number of hydrogen-bond acceptors (Lipinski definition) is 4. The number of amides is 2. The largest absolute Gasteiger partial charge is 0.497 e. The van der Waals surface area contributed by atoms with E-state index in [1.165, 1.54) is 4.90 Å². The van der Waals surface area contributed by atoms with E-state index in [4.69, 9.17) is 4.74 Å². The molecule has 1 heterocycles. The molecule has 7 nitrogen and oxygen atoms in total. The predicted molar refractivity (Wildman–Crippen MR) is 120 cm³/mol. The van der Waals surface area contributed by atoms with Gasteiger partial charge < -0.3 is 15.0 Å². The number of hydrogen-bond donors (Lipinski definition) is 1. The Hall–Kier alpha value is -3.61. The molecule has 0 spiro atoms. The van der Waals surface area contributed by atoms with Crippen LogP contribution in [-0.4, -0.2) is 47.7 Å². The van der Waals surface area contributed by atoms with Crippen molar-refractivity contribution in [3.63, 3.8) is 0 Å². The molecule has 0 fully saturated rings. The number of carbonyl (C=O) groups excluding carboxylic acids is 2. The lowest BCUT2D eigenvalue weighted by Gasteiger charge is -2.17. The zero-order chi connectivity index (χ0) is 22.5. The van der Waals surface area contributed by atoms with E-state index in [1.807, 2.05) is 62.5 Å². The second-order valence-electron chi connectivity index (χ2n) is 7.72. The summed E-state index contributed by atoms with van der Waals surface area (Å²) in [5, 5.41) is 7.36. The first-order chi connectivity index (χ1) is 14.8. The van der Waals surface area contributed by atoms with Crippen molar-refractivity contribution in [3.05, 3.63) is 71.5 Å². The van der Waals surface area contributed by atoms with E-state index in [9.17, 15) is 9.59 Å². The highest BCUT2D eigenvalue weighted by Gasteiger charge is 2.16. The van der Waals surface area contributed by atoms with Gasteiger partial charge in [-0.15, -0.1) is 0 Å². The third-order valence-corrected chi connectivity index (χ3v) is 5.16. The highest BCUT2D eigenvalue weighted by atomic mass is 16.5. The molecule has 31 heavy (non-hydrogen) atoms. The summed E-state index contributed by atoms with van der Waals surface area (Å²) in [4.78, 5) is 26.2. The molecule has 7 heteroatoms. The summed E-state index contributed by atoms with van der Waals surface area (Å²) in [6.07, 6.45) is 3.55. The molecule has 162 valence electrons. The summed E-state index contributed by atoms with van der Waals surface area (Å²) < 4.78 is 7.09. The molecule has 2 aromatic carbocycles. The lowest BCUT2D eigenvalue weighted by atomic mass is 10.0. The number of aromatic nitrogens is 2. The topological polar surface area (TPSA) is 76.5 Å². The Morgan fingerprint density at radius 1 is 1.16 bits per heavy atom. The van der Waals surface area contributed by atoms with Crippen LogP contribution >= 0.6 is 0 Å². The zero-order valence-electron chi connectivity index (χ0n) is 18.5. The van der Waals surface area contributed by atoms with Gasteiger partial charge in [0, 0.05) is 31.4 Å².